The Kier molecular flexibility index (Phi) is 2.11. The molecule has 0 saturated heterocycles. The van der Waals surface area contributed by atoms with E-state index < -0.39 is 0 Å². The van der Waals surface area contributed by atoms with Gasteiger partial charge in [0.1, 0.15) is 0 Å². The molecule has 0 unspecified atom stereocenters. The summed E-state index contributed by atoms with van der Waals surface area (Å²) in [5.74, 6) is 0. The number of benzene rings is 2. The lowest BCUT2D eigenvalue weighted by molar-refractivity contribution is 1.50. The Balaban J connectivity index is 0.000000114. The molecule has 0 radical (unpaired) electrons. The maximum absolute atomic E-state index is 5.50. The van der Waals surface area contributed by atoms with Gasteiger partial charge >= 0.3 is 0 Å². The SMILES string of the molecule is Nc1nc2ccccc2s1.c1cc2ccc1-2. The predicted octanol–water partition coefficient (Wildman–Crippen LogP) is 3.55. The summed E-state index contributed by atoms with van der Waals surface area (Å²) in [6, 6.07) is 16.4. The molecule has 3 heteroatoms. The van der Waals surface area contributed by atoms with Gasteiger partial charge in [-0.05, 0) is 23.3 Å². The second kappa shape index (κ2) is 3.61. The molecule has 0 fully saturated rings. The fraction of sp³-hybridized carbons (Fsp3) is 0. The summed E-state index contributed by atoms with van der Waals surface area (Å²) in [5, 5.41) is 0.640. The first-order valence-corrected chi connectivity index (χ1v) is 5.86. The third-order valence-corrected chi connectivity index (χ3v) is 3.39. The van der Waals surface area contributed by atoms with Gasteiger partial charge in [0.25, 0.3) is 0 Å². The number of hydrogen-bond acceptors (Lipinski definition) is 3. The second-order valence-corrected chi connectivity index (χ2v) is 4.66. The molecule has 1 aromatic carbocycles. The number of fused-ring (bicyclic) bond motifs is 2. The van der Waals surface area contributed by atoms with Crippen molar-refractivity contribution < 1.29 is 0 Å². The molecule has 2 nitrogen and oxygen atoms in total. The lowest BCUT2D eigenvalue weighted by Crippen LogP contribution is -1.85. The highest BCUT2D eigenvalue weighted by molar-refractivity contribution is 7.22. The normalized spacial score (nSPS) is 10.8. The molecule has 4 rings (SSSR count). The molecule has 16 heavy (non-hydrogen) atoms. The van der Waals surface area contributed by atoms with Crippen molar-refractivity contribution in [3.8, 4) is 11.1 Å². The van der Waals surface area contributed by atoms with Crippen molar-refractivity contribution in [2.75, 3.05) is 5.73 Å². The Morgan fingerprint density at radius 2 is 1.50 bits per heavy atom. The van der Waals surface area contributed by atoms with E-state index in [0.29, 0.717) is 5.13 Å². The van der Waals surface area contributed by atoms with Gasteiger partial charge < -0.3 is 5.73 Å². The molecule has 0 atom stereocenters. The Labute approximate surface area is 97.4 Å². The fourth-order valence-corrected chi connectivity index (χ4v) is 2.29. The first-order valence-electron chi connectivity index (χ1n) is 5.04. The lowest BCUT2D eigenvalue weighted by atomic mass is 9.95. The minimum Gasteiger partial charge on any atom is -0.375 e. The van der Waals surface area contributed by atoms with Crippen molar-refractivity contribution >= 4 is 26.7 Å². The number of nitrogen functional groups attached to an aromatic ring is 1. The number of thiazole rings is 1. The molecule has 2 aliphatic carbocycles. The van der Waals surface area contributed by atoms with Crippen molar-refractivity contribution in [3.63, 3.8) is 0 Å². The van der Waals surface area contributed by atoms with Crippen molar-refractivity contribution in [2.24, 2.45) is 0 Å². The maximum Gasteiger partial charge on any atom is 0.181 e. The van der Waals surface area contributed by atoms with Crippen molar-refractivity contribution in [1.29, 1.82) is 0 Å². The summed E-state index contributed by atoms with van der Waals surface area (Å²) in [5.41, 5.74) is 9.34. The minimum atomic E-state index is 0.640. The van der Waals surface area contributed by atoms with Crippen LogP contribution in [0.5, 0.6) is 0 Å². The van der Waals surface area contributed by atoms with Gasteiger partial charge in [0.15, 0.2) is 5.13 Å². The monoisotopic (exact) mass is 226 g/mol. The molecule has 2 N–H and O–H groups in total. The van der Waals surface area contributed by atoms with Crippen LogP contribution in [-0.4, -0.2) is 4.98 Å². The van der Waals surface area contributed by atoms with Crippen LogP contribution in [0.2, 0.25) is 0 Å². The Bertz CT molecular complexity index is 572. The molecule has 0 bridgehead atoms. The standard InChI is InChI=1S/C7H6N2S.C6H4/c8-7-9-5-3-1-2-4-6(5)10-7;1-2-6-4-3-5(1)6/h1-4H,(H2,8,9);1-4H. The van der Waals surface area contributed by atoms with E-state index in [4.69, 9.17) is 5.73 Å². The van der Waals surface area contributed by atoms with Crippen LogP contribution >= 0.6 is 11.3 Å². The highest BCUT2D eigenvalue weighted by Gasteiger charge is 2.04. The number of anilines is 1. The van der Waals surface area contributed by atoms with Gasteiger partial charge in [-0.2, -0.15) is 0 Å². The summed E-state index contributed by atoms with van der Waals surface area (Å²) < 4.78 is 1.15. The van der Waals surface area contributed by atoms with Crippen LogP contribution in [0.1, 0.15) is 0 Å². The van der Waals surface area contributed by atoms with Gasteiger partial charge in [0.05, 0.1) is 10.2 Å². The molecule has 2 aliphatic rings. The molecular weight excluding hydrogens is 216 g/mol. The van der Waals surface area contributed by atoms with E-state index in [-0.39, 0.29) is 0 Å². The van der Waals surface area contributed by atoms with Crippen LogP contribution in [0.15, 0.2) is 48.5 Å². The molecule has 78 valence electrons. The van der Waals surface area contributed by atoms with E-state index in [9.17, 15) is 0 Å². The lowest BCUT2D eigenvalue weighted by Gasteiger charge is -2.10. The van der Waals surface area contributed by atoms with Crippen LogP contribution in [0.25, 0.3) is 21.3 Å². The van der Waals surface area contributed by atoms with E-state index in [1.807, 2.05) is 24.3 Å². The zero-order chi connectivity index (χ0) is 11.0. The largest absolute Gasteiger partial charge is 0.375 e. The summed E-state index contributed by atoms with van der Waals surface area (Å²) in [4.78, 5) is 4.11. The van der Waals surface area contributed by atoms with Crippen LogP contribution in [0.4, 0.5) is 5.13 Å². The third kappa shape index (κ3) is 1.55. The smallest absolute Gasteiger partial charge is 0.181 e. The summed E-state index contributed by atoms with van der Waals surface area (Å²) >= 11 is 1.52. The average molecular weight is 226 g/mol. The molecule has 2 aromatic rings. The van der Waals surface area contributed by atoms with Crippen LogP contribution < -0.4 is 5.73 Å². The zero-order valence-corrected chi connectivity index (χ0v) is 9.37. The van der Waals surface area contributed by atoms with Crippen molar-refractivity contribution in [3.05, 3.63) is 48.5 Å². The van der Waals surface area contributed by atoms with E-state index in [1.54, 1.807) is 0 Å². The summed E-state index contributed by atoms with van der Waals surface area (Å²) in [6.45, 7) is 0. The first-order chi connectivity index (χ1) is 7.83. The van der Waals surface area contributed by atoms with Gasteiger partial charge in [-0.1, -0.05) is 47.7 Å². The number of hydrogen-bond donors (Lipinski definition) is 1. The molecule has 1 heterocycles. The molecular formula is C13H10N2S. The maximum atomic E-state index is 5.50. The number of nitrogens with two attached hydrogens (primary N) is 1. The van der Waals surface area contributed by atoms with Crippen LogP contribution in [0, 0.1) is 0 Å². The quantitative estimate of drug-likeness (QED) is 0.498. The topological polar surface area (TPSA) is 38.9 Å². The minimum absolute atomic E-state index is 0.640. The Hall–Kier alpha value is -1.87. The van der Waals surface area contributed by atoms with Crippen LogP contribution in [0.3, 0.4) is 0 Å². The second-order valence-electron chi connectivity index (χ2n) is 3.60. The van der Waals surface area contributed by atoms with Gasteiger partial charge in [-0.15, -0.1) is 0 Å². The summed E-state index contributed by atoms with van der Waals surface area (Å²) in [7, 11) is 0. The Morgan fingerprint density at radius 1 is 0.875 bits per heavy atom. The highest BCUT2D eigenvalue weighted by atomic mass is 32.1. The van der Waals surface area contributed by atoms with E-state index in [1.165, 1.54) is 22.5 Å². The number of para-hydroxylation sites is 1. The van der Waals surface area contributed by atoms with E-state index >= 15 is 0 Å². The number of aromatic nitrogens is 1. The number of nitrogens with zero attached hydrogens (tertiary/aromatic N) is 1. The third-order valence-electron chi connectivity index (χ3n) is 2.53. The molecule has 0 spiro atoms. The van der Waals surface area contributed by atoms with Crippen molar-refractivity contribution in [1.82, 2.24) is 4.98 Å². The zero-order valence-electron chi connectivity index (χ0n) is 8.55. The highest BCUT2D eigenvalue weighted by Crippen LogP contribution is 2.29. The van der Waals surface area contributed by atoms with Gasteiger partial charge in [0.2, 0.25) is 0 Å². The van der Waals surface area contributed by atoms with Gasteiger partial charge in [-0.25, -0.2) is 4.98 Å². The summed E-state index contributed by atoms with van der Waals surface area (Å²) in [6.07, 6.45) is 0. The molecule has 0 aliphatic heterocycles. The van der Waals surface area contributed by atoms with Gasteiger partial charge in [0, 0.05) is 0 Å². The Morgan fingerprint density at radius 3 is 2.00 bits per heavy atom. The molecule has 1 aromatic heterocycles. The average Bonchev–Trinajstić information content (AvgIpc) is 2.64. The fourth-order valence-electron chi connectivity index (χ4n) is 1.55. The molecule has 0 saturated carbocycles. The first kappa shape index (κ1) is 9.36. The van der Waals surface area contributed by atoms with E-state index in [0.717, 1.165) is 10.2 Å². The van der Waals surface area contributed by atoms with E-state index in [2.05, 4.69) is 29.2 Å². The number of rotatable bonds is 0. The van der Waals surface area contributed by atoms with Crippen molar-refractivity contribution in [2.45, 2.75) is 0 Å². The predicted molar refractivity (Wildman–Crippen MR) is 69.5 cm³/mol. The van der Waals surface area contributed by atoms with Crippen LogP contribution in [-0.2, 0) is 0 Å². The molecule has 0 amide bonds. The van der Waals surface area contributed by atoms with Gasteiger partial charge in [-0.3, -0.25) is 0 Å².